The Labute approximate surface area is 154 Å². The molecule has 1 aromatic carbocycles. The molecular weight excluding hydrogens is 385 g/mol. The summed E-state index contributed by atoms with van der Waals surface area (Å²) in [6.45, 7) is 2.01. The highest BCUT2D eigenvalue weighted by atomic mass is 32.2. The van der Waals surface area contributed by atoms with E-state index in [0.717, 1.165) is 21.9 Å². The van der Waals surface area contributed by atoms with E-state index in [2.05, 4.69) is 31.0 Å². The van der Waals surface area contributed by atoms with Gasteiger partial charge in [-0.1, -0.05) is 53.9 Å². The van der Waals surface area contributed by atoms with Gasteiger partial charge in [-0.2, -0.15) is 4.68 Å². The van der Waals surface area contributed by atoms with E-state index in [4.69, 9.17) is 0 Å². The number of para-hydroxylation sites is 1. The molecule has 0 saturated carbocycles. The van der Waals surface area contributed by atoms with Crippen LogP contribution in [0.5, 0.6) is 0 Å². The fourth-order valence-corrected chi connectivity index (χ4v) is 4.12. The van der Waals surface area contributed by atoms with Crippen LogP contribution < -0.4 is 5.32 Å². The second kappa shape index (κ2) is 8.36. The van der Waals surface area contributed by atoms with Crippen molar-refractivity contribution in [2.24, 2.45) is 0 Å². The Balaban J connectivity index is 1.61. The summed E-state index contributed by atoms with van der Waals surface area (Å²) in [5.41, 5.74) is 0.223. The number of thioether (sulfide) groups is 2. The van der Waals surface area contributed by atoms with Crippen LogP contribution in [0.15, 0.2) is 33.8 Å². The molecule has 0 bridgehead atoms. The van der Waals surface area contributed by atoms with Gasteiger partial charge in [-0.25, -0.2) is 4.39 Å². The molecule has 2 heterocycles. The molecule has 3 rings (SSSR count). The fraction of sp³-hybridized carbons (Fsp3) is 0.231. The summed E-state index contributed by atoms with van der Waals surface area (Å²) in [5.74, 6) is 0.232. The third-order valence-electron chi connectivity index (χ3n) is 2.77. The van der Waals surface area contributed by atoms with Gasteiger partial charge in [0.15, 0.2) is 4.34 Å². The standard InChI is InChI=1S/C13H12FN7OS3/c1-2-23-13-18-16-11(25-13)15-10(22)7-24-12-17-19-20-21(12)9-6-4-3-5-8(9)14/h3-6H,2,7H2,1H3,(H,15,16,22). The maximum absolute atomic E-state index is 13.9. The van der Waals surface area contributed by atoms with E-state index in [1.54, 1.807) is 30.0 Å². The minimum atomic E-state index is -0.448. The van der Waals surface area contributed by atoms with Crippen LogP contribution in [0, 0.1) is 5.82 Å². The lowest BCUT2D eigenvalue weighted by Crippen LogP contribution is -2.14. The zero-order chi connectivity index (χ0) is 17.6. The number of anilines is 1. The normalized spacial score (nSPS) is 10.8. The molecule has 0 radical (unpaired) electrons. The quantitative estimate of drug-likeness (QED) is 0.480. The van der Waals surface area contributed by atoms with Crippen LogP contribution in [-0.2, 0) is 4.79 Å². The summed E-state index contributed by atoms with van der Waals surface area (Å²) in [7, 11) is 0. The molecule has 25 heavy (non-hydrogen) atoms. The van der Waals surface area contributed by atoms with E-state index in [1.165, 1.54) is 22.1 Å². The Hall–Kier alpha value is -2.05. The van der Waals surface area contributed by atoms with Gasteiger partial charge in [0.05, 0.1) is 5.75 Å². The highest BCUT2D eigenvalue weighted by Gasteiger charge is 2.15. The lowest BCUT2D eigenvalue weighted by atomic mass is 10.3. The van der Waals surface area contributed by atoms with Crippen molar-refractivity contribution in [1.29, 1.82) is 0 Å². The van der Waals surface area contributed by atoms with Crippen LogP contribution in [0.3, 0.4) is 0 Å². The number of benzene rings is 1. The van der Waals surface area contributed by atoms with Crippen molar-refractivity contribution >= 4 is 45.9 Å². The fourth-order valence-electron chi connectivity index (χ4n) is 1.77. The molecular formula is C13H12FN7OS3. The molecule has 1 N–H and O–H groups in total. The molecule has 0 spiro atoms. The van der Waals surface area contributed by atoms with Crippen molar-refractivity contribution in [2.45, 2.75) is 16.4 Å². The Bertz CT molecular complexity index is 869. The molecule has 8 nitrogen and oxygen atoms in total. The number of nitrogens with one attached hydrogen (secondary N) is 1. The number of nitrogens with zero attached hydrogens (tertiary/aromatic N) is 6. The Morgan fingerprint density at radius 1 is 1.28 bits per heavy atom. The van der Waals surface area contributed by atoms with Crippen LogP contribution in [0.1, 0.15) is 6.92 Å². The number of rotatable bonds is 7. The second-order valence-corrected chi connectivity index (χ2v) is 7.90. The summed E-state index contributed by atoms with van der Waals surface area (Å²) < 4.78 is 15.9. The van der Waals surface area contributed by atoms with Gasteiger partial charge >= 0.3 is 0 Å². The summed E-state index contributed by atoms with van der Waals surface area (Å²) in [6, 6.07) is 6.14. The lowest BCUT2D eigenvalue weighted by Gasteiger charge is -2.05. The van der Waals surface area contributed by atoms with Crippen molar-refractivity contribution in [3.05, 3.63) is 30.1 Å². The molecule has 0 unspecified atom stereocenters. The monoisotopic (exact) mass is 397 g/mol. The first-order chi connectivity index (χ1) is 12.2. The SMILES string of the molecule is CCSc1nnc(NC(=O)CSc2nnnn2-c2ccccc2F)s1. The predicted octanol–water partition coefficient (Wildman–Crippen LogP) is 2.50. The van der Waals surface area contributed by atoms with E-state index in [-0.39, 0.29) is 17.3 Å². The molecule has 0 aliphatic carbocycles. The number of carbonyl (C=O) groups excluding carboxylic acids is 1. The maximum Gasteiger partial charge on any atom is 0.236 e. The van der Waals surface area contributed by atoms with Gasteiger partial charge in [0.25, 0.3) is 0 Å². The van der Waals surface area contributed by atoms with E-state index in [9.17, 15) is 9.18 Å². The van der Waals surface area contributed by atoms with Crippen molar-refractivity contribution in [3.8, 4) is 5.69 Å². The number of aromatic nitrogens is 6. The summed E-state index contributed by atoms with van der Waals surface area (Å²) in [4.78, 5) is 12.0. The van der Waals surface area contributed by atoms with Gasteiger partial charge in [0, 0.05) is 0 Å². The molecule has 12 heteroatoms. The number of hydrogen-bond acceptors (Lipinski definition) is 9. The van der Waals surface area contributed by atoms with E-state index < -0.39 is 5.82 Å². The molecule has 0 aliphatic heterocycles. The largest absolute Gasteiger partial charge is 0.300 e. The molecule has 0 aliphatic rings. The Morgan fingerprint density at radius 2 is 2.12 bits per heavy atom. The minimum absolute atomic E-state index is 0.0602. The van der Waals surface area contributed by atoms with Crippen LogP contribution >= 0.6 is 34.9 Å². The molecule has 130 valence electrons. The van der Waals surface area contributed by atoms with E-state index in [0.29, 0.717) is 10.3 Å². The maximum atomic E-state index is 13.9. The Kier molecular flexibility index (Phi) is 5.94. The van der Waals surface area contributed by atoms with Crippen molar-refractivity contribution in [2.75, 3.05) is 16.8 Å². The molecule has 0 saturated heterocycles. The van der Waals surface area contributed by atoms with Crippen molar-refractivity contribution < 1.29 is 9.18 Å². The van der Waals surface area contributed by atoms with Gasteiger partial charge < -0.3 is 0 Å². The molecule has 3 aromatic rings. The molecule has 1 amide bonds. The average Bonchev–Trinajstić information content (AvgIpc) is 3.23. The number of tetrazole rings is 1. The number of carbonyl (C=O) groups is 1. The highest BCUT2D eigenvalue weighted by Crippen LogP contribution is 2.25. The number of amides is 1. The third-order valence-corrected chi connectivity index (χ3v) is 5.55. The van der Waals surface area contributed by atoms with Gasteiger partial charge in [0.2, 0.25) is 16.2 Å². The van der Waals surface area contributed by atoms with Gasteiger partial charge in [-0.3, -0.25) is 10.1 Å². The van der Waals surface area contributed by atoms with Crippen molar-refractivity contribution in [1.82, 2.24) is 30.4 Å². The number of halogens is 1. The van der Waals surface area contributed by atoms with Crippen LogP contribution in [0.2, 0.25) is 0 Å². The van der Waals surface area contributed by atoms with Crippen molar-refractivity contribution in [3.63, 3.8) is 0 Å². The zero-order valence-corrected chi connectivity index (χ0v) is 15.4. The highest BCUT2D eigenvalue weighted by molar-refractivity contribution is 8.01. The van der Waals surface area contributed by atoms with Crippen LogP contribution in [0.25, 0.3) is 5.69 Å². The zero-order valence-electron chi connectivity index (χ0n) is 12.9. The average molecular weight is 397 g/mol. The predicted molar refractivity (Wildman–Crippen MR) is 94.8 cm³/mol. The van der Waals surface area contributed by atoms with Crippen LogP contribution in [-0.4, -0.2) is 47.8 Å². The van der Waals surface area contributed by atoms with E-state index >= 15 is 0 Å². The summed E-state index contributed by atoms with van der Waals surface area (Å²) >= 11 is 3.98. The van der Waals surface area contributed by atoms with Gasteiger partial charge in [-0.05, 0) is 28.3 Å². The Morgan fingerprint density at radius 3 is 2.92 bits per heavy atom. The lowest BCUT2D eigenvalue weighted by molar-refractivity contribution is -0.113. The van der Waals surface area contributed by atoms with Gasteiger partial charge in [0.1, 0.15) is 11.5 Å². The van der Waals surface area contributed by atoms with Crippen LogP contribution in [0.4, 0.5) is 9.52 Å². The summed E-state index contributed by atoms with van der Waals surface area (Å²) in [6.07, 6.45) is 0. The molecule has 0 fully saturated rings. The van der Waals surface area contributed by atoms with Gasteiger partial charge in [-0.15, -0.1) is 15.3 Å². The topological polar surface area (TPSA) is 98.5 Å². The number of hydrogen-bond donors (Lipinski definition) is 1. The first-order valence-corrected chi connectivity index (χ1v) is 9.88. The third kappa shape index (κ3) is 4.52. The molecule has 2 aromatic heterocycles. The smallest absolute Gasteiger partial charge is 0.236 e. The second-order valence-electron chi connectivity index (χ2n) is 4.47. The summed E-state index contributed by atoms with van der Waals surface area (Å²) in [5, 5.41) is 22.5. The van der Waals surface area contributed by atoms with E-state index in [1.807, 2.05) is 6.92 Å². The molecule has 0 atom stereocenters. The first-order valence-electron chi connectivity index (χ1n) is 7.09. The minimum Gasteiger partial charge on any atom is -0.300 e. The first kappa shape index (κ1) is 17.8.